The molecular weight excluding hydrogens is 240 g/mol. The fourth-order valence-electron chi connectivity index (χ4n) is 2.71. The molecule has 1 saturated heterocycles. The Balaban J connectivity index is 1.69. The van der Waals surface area contributed by atoms with Crippen molar-refractivity contribution in [1.29, 1.82) is 0 Å². The third-order valence-electron chi connectivity index (χ3n) is 3.82. The van der Waals surface area contributed by atoms with Crippen molar-refractivity contribution in [2.45, 2.75) is 32.3 Å². The average molecular weight is 258 g/mol. The van der Waals surface area contributed by atoms with E-state index < -0.39 is 6.10 Å². The van der Waals surface area contributed by atoms with Crippen molar-refractivity contribution in [1.82, 2.24) is 4.90 Å². The lowest BCUT2D eigenvalue weighted by Gasteiger charge is -2.18. The topological polar surface area (TPSA) is 41.9 Å². The maximum Gasteiger partial charge on any atom is 0.266 e. The normalized spacial score (nSPS) is 22.3. The van der Waals surface area contributed by atoms with E-state index in [0.29, 0.717) is 6.42 Å². The lowest BCUT2D eigenvalue weighted by Crippen LogP contribution is -2.37. The van der Waals surface area contributed by atoms with Crippen LogP contribution in [0.5, 0.6) is 0 Å². The SMILES string of the molecule is Cc1ccccc1C1=NO[C@@H](C(=O)N2CCCC2)C1. The molecule has 100 valence electrons. The molecule has 3 rings (SSSR count). The molecule has 0 radical (unpaired) electrons. The van der Waals surface area contributed by atoms with Crippen LogP contribution in [0.25, 0.3) is 0 Å². The Bertz CT molecular complexity index is 519. The minimum Gasteiger partial charge on any atom is -0.382 e. The lowest BCUT2D eigenvalue weighted by atomic mass is 10.00. The second-order valence-electron chi connectivity index (χ2n) is 5.18. The molecule has 0 spiro atoms. The van der Waals surface area contributed by atoms with E-state index in [9.17, 15) is 4.79 Å². The van der Waals surface area contributed by atoms with Gasteiger partial charge in [-0.25, -0.2) is 0 Å². The summed E-state index contributed by atoms with van der Waals surface area (Å²) in [6.45, 7) is 3.77. The van der Waals surface area contributed by atoms with Gasteiger partial charge in [0.1, 0.15) is 0 Å². The van der Waals surface area contributed by atoms with Crippen LogP contribution in [0.4, 0.5) is 0 Å². The molecule has 1 aromatic rings. The molecule has 0 aliphatic carbocycles. The molecule has 19 heavy (non-hydrogen) atoms. The molecule has 2 heterocycles. The van der Waals surface area contributed by atoms with E-state index in [0.717, 1.165) is 37.2 Å². The van der Waals surface area contributed by atoms with Crippen molar-refractivity contribution in [3.05, 3.63) is 35.4 Å². The number of carbonyl (C=O) groups excluding carboxylic acids is 1. The Morgan fingerprint density at radius 1 is 1.32 bits per heavy atom. The number of benzene rings is 1. The molecular formula is C15H18N2O2. The summed E-state index contributed by atoms with van der Waals surface area (Å²) < 4.78 is 0. The third-order valence-corrected chi connectivity index (χ3v) is 3.82. The van der Waals surface area contributed by atoms with Crippen LogP contribution in [0.2, 0.25) is 0 Å². The van der Waals surface area contributed by atoms with Gasteiger partial charge < -0.3 is 9.74 Å². The predicted molar refractivity (Wildman–Crippen MR) is 73.0 cm³/mol. The van der Waals surface area contributed by atoms with Gasteiger partial charge in [0.2, 0.25) is 6.10 Å². The van der Waals surface area contributed by atoms with E-state index in [-0.39, 0.29) is 5.91 Å². The summed E-state index contributed by atoms with van der Waals surface area (Å²) in [7, 11) is 0. The van der Waals surface area contributed by atoms with E-state index in [1.165, 1.54) is 5.56 Å². The highest BCUT2D eigenvalue weighted by Gasteiger charge is 2.33. The Morgan fingerprint density at radius 2 is 2.05 bits per heavy atom. The van der Waals surface area contributed by atoms with Gasteiger partial charge in [-0.3, -0.25) is 4.79 Å². The van der Waals surface area contributed by atoms with Crippen LogP contribution >= 0.6 is 0 Å². The number of carbonyl (C=O) groups is 1. The number of hydrogen-bond donors (Lipinski definition) is 0. The fourth-order valence-corrected chi connectivity index (χ4v) is 2.71. The molecule has 0 aromatic heterocycles. The summed E-state index contributed by atoms with van der Waals surface area (Å²) in [5.74, 6) is 0.0878. The van der Waals surface area contributed by atoms with Gasteiger partial charge in [-0.1, -0.05) is 29.4 Å². The predicted octanol–water partition coefficient (Wildman–Crippen LogP) is 2.11. The Labute approximate surface area is 113 Å². The first-order valence-corrected chi connectivity index (χ1v) is 6.83. The molecule has 1 amide bonds. The Morgan fingerprint density at radius 3 is 2.79 bits per heavy atom. The lowest BCUT2D eigenvalue weighted by molar-refractivity contribution is -0.140. The molecule has 0 bridgehead atoms. The molecule has 1 atom stereocenters. The van der Waals surface area contributed by atoms with Crippen LogP contribution in [0.15, 0.2) is 29.4 Å². The number of nitrogens with zero attached hydrogens (tertiary/aromatic N) is 2. The van der Waals surface area contributed by atoms with E-state index in [1.807, 2.05) is 36.1 Å². The van der Waals surface area contributed by atoms with E-state index in [1.54, 1.807) is 0 Å². The van der Waals surface area contributed by atoms with Crippen molar-refractivity contribution in [3.8, 4) is 0 Å². The van der Waals surface area contributed by atoms with Gasteiger partial charge in [0.25, 0.3) is 5.91 Å². The van der Waals surface area contributed by atoms with Crippen molar-refractivity contribution >= 4 is 11.6 Å². The van der Waals surface area contributed by atoms with Gasteiger partial charge in [0.15, 0.2) is 0 Å². The minimum absolute atomic E-state index is 0.0878. The van der Waals surface area contributed by atoms with Gasteiger partial charge in [0, 0.05) is 25.1 Å². The summed E-state index contributed by atoms with van der Waals surface area (Å²) in [5.41, 5.74) is 3.13. The number of hydrogen-bond acceptors (Lipinski definition) is 3. The van der Waals surface area contributed by atoms with Gasteiger partial charge in [-0.2, -0.15) is 0 Å². The first-order chi connectivity index (χ1) is 9.25. The molecule has 4 heteroatoms. The zero-order valence-corrected chi connectivity index (χ0v) is 11.1. The smallest absolute Gasteiger partial charge is 0.266 e. The highest BCUT2D eigenvalue weighted by atomic mass is 16.6. The molecule has 0 saturated carbocycles. The van der Waals surface area contributed by atoms with Gasteiger partial charge in [-0.05, 0) is 25.3 Å². The van der Waals surface area contributed by atoms with Gasteiger partial charge >= 0.3 is 0 Å². The standard InChI is InChI=1S/C15H18N2O2/c1-11-6-2-3-7-12(11)13-10-14(19-16-13)15(18)17-8-4-5-9-17/h2-3,6-7,14H,4-5,8-10H2,1H3/t14-/m1/s1. The number of oxime groups is 1. The van der Waals surface area contributed by atoms with Gasteiger partial charge in [-0.15, -0.1) is 0 Å². The molecule has 0 unspecified atom stereocenters. The van der Waals surface area contributed by atoms with Crippen molar-refractivity contribution in [2.75, 3.05) is 13.1 Å². The number of aryl methyl sites for hydroxylation is 1. The number of amides is 1. The van der Waals surface area contributed by atoms with Crippen LogP contribution < -0.4 is 0 Å². The maximum atomic E-state index is 12.2. The molecule has 2 aliphatic rings. The molecule has 1 aromatic carbocycles. The molecule has 0 N–H and O–H groups in total. The summed E-state index contributed by atoms with van der Waals surface area (Å²) in [4.78, 5) is 19.5. The average Bonchev–Trinajstić information content (AvgIpc) is 3.10. The minimum atomic E-state index is -0.423. The highest BCUT2D eigenvalue weighted by molar-refractivity contribution is 6.05. The van der Waals surface area contributed by atoms with Crippen LogP contribution in [-0.4, -0.2) is 35.7 Å². The quantitative estimate of drug-likeness (QED) is 0.815. The van der Waals surface area contributed by atoms with E-state index >= 15 is 0 Å². The Hall–Kier alpha value is -1.84. The molecule has 4 nitrogen and oxygen atoms in total. The largest absolute Gasteiger partial charge is 0.382 e. The van der Waals surface area contributed by atoms with Crippen molar-refractivity contribution in [2.24, 2.45) is 5.16 Å². The van der Waals surface area contributed by atoms with Crippen LogP contribution in [0.3, 0.4) is 0 Å². The highest BCUT2D eigenvalue weighted by Crippen LogP contribution is 2.22. The van der Waals surface area contributed by atoms with Crippen LogP contribution in [0, 0.1) is 6.92 Å². The summed E-state index contributed by atoms with van der Waals surface area (Å²) >= 11 is 0. The third kappa shape index (κ3) is 2.35. The van der Waals surface area contributed by atoms with Crippen LogP contribution in [-0.2, 0) is 9.63 Å². The zero-order valence-electron chi connectivity index (χ0n) is 11.1. The second kappa shape index (κ2) is 5.03. The monoisotopic (exact) mass is 258 g/mol. The number of rotatable bonds is 2. The first-order valence-electron chi connectivity index (χ1n) is 6.83. The Kier molecular flexibility index (Phi) is 3.23. The fraction of sp³-hybridized carbons (Fsp3) is 0.467. The summed E-state index contributed by atoms with van der Waals surface area (Å²) in [6, 6.07) is 8.07. The summed E-state index contributed by atoms with van der Waals surface area (Å²) in [5, 5.41) is 4.11. The maximum absolute atomic E-state index is 12.2. The molecule has 1 fully saturated rings. The van der Waals surface area contributed by atoms with Crippen LogP contribution in [0.1, 0.15) is 30.4 Å². The first kappa shape index (κ1) is 12.2. The molecule has 2 aliphatic heterocycles. The second-order valence-corrected chi connectivity index (χ2v) is 5.18. The zero-order chi connectivity index (χ0) is 13.2. The van der Waals surface area contributed by atoms with Crippen molar-refractivity contribution < 1.29 is 9.63 Å². The van der Waals surface area contributed by atoms with Crippen molar-refractivity contribution in [3.63, 3.8) is 0 Å². The van der Waals surface area contributed by atoms with Gasteiger partial charge in [0.05, 0.1) is 5.71 Å². The van der Waals surface area contributed by atoms with E-state index in [2.05, 4.69) is 5.16 Å². The summed E-state index contributed by atoms with van der Waals surface area (Å²) in [6.07, 6.45) is 2.36. The van der Waals surface area contributed by atoms with E-state index in [4.69, 9.17) is 4.84 Å². The number of likely N-dealkylation sites (tertiary alicyclic amines) is 1.